The lowest BCUT2D eigenvalue weighted by Gasteiger charge is -2.10. The van der Waals surface area contributed by atoms with Gasteiger partial charge in [0.25, 0.3) is 10.0 Å². The van der Waals surface area contributed by atoms with Crippen LogP contribution in [0.4, 0.5) is 11.5 Å². The third kappa shape index (κ3) is 5.47. The summed E-state index contributed by atoms with van der Waals surface area (Å²) in [7, 11) is -3.68. The van der Waals surface area contributed by atoms with E-state index in [2.05, 4.69) is 27.2 Å². The fraction of sp³-hybridized carbons (Fsp3) is 0.190. The van der Waals surface area contributed by atoms with Gasteiger partial charge in [-0.2, -0.15) is 0 Å². The summed E-state index contributed by atoms with van der Waals surface area (Å²) in [5.74, 6) is 1.33. The largest absolute Gasteiger partial charge is 0.494 e. The van der Waals surface area contributed by atoms with Crippen LogP contribution in [0.15, 0.2) is 77.8 Å². The molecular weight excluding hydrogens is 374 g/mol. The molecule has 2 N–H and O–H groups in total. The molecule has 0 saturated carbocycles. The van der Waals surface area contributed by atoms with Gasteiger partial charge in [-0.1, -0.05) is 30.3 Å². The Hall–Kier alpha value is -3.06. The Kier molecular flexibility index (Phi) is 6.49. The topological polar surface area (TPSA) is 80.3 Å². The third-order valence-electron chi connectivity index (χ3n) is 4.02. The molecule has 0 aliphatic rings. The summed E-state index contributed by atoms with van der Waals surface area (Å²) >= 11 is 0. The molecule has 146 valence electrons. The van der Waals surface area contributed by atoms with Gasteiger partial charge in [-0.3, -0.25) is 4.72 Å². The summed E-state index contributed by atoms with van der Waals surface area (Å²) in [5.41, 5.74) is 1.65. The fourth-order valence-electron chi connectivity index (χ4n) is 2.63. The van der Waals surface area contributed by atoms with Crippen LogP contribution in [0.25, 0.3) is 0 Å². The number of hydrogen-bond acceptors (Lipinski definition) is 5. The smallest absolute Gasteiger partial charge is 0.261 e. The van der Waals surface area contributed by atoms with Crippen LogP contribution in [-0.2, 0) is 16.4 Å². The van der Waals surface area contributed by atoms with E-state index in [1.165, 1.54) is 23.9 Å². The van der Waals surface area contributed by atoms with E-state index in [1.807, 2.05) is 25.1 Å². The summed E-state index contributed by atoms with van der Waals surface area (Å²) in [5, 5.41) is 3.23. The first kappa shape index (κ1) is 19.7. The fourth-order valence-corrected chi connectivity index (χ4v) is 3.68. The highest BCUT2D eigenvalue weighted by Gasteiger charge is 2.14. The molecule has 0 spiro atoms. The number of ether oxygens (including phenoxy) is 1. The van der Waals surface area contributed by atoms with E-state index in [9.17, 15) is 8.42 Å². The monoisotopic (exact) mass is 397 g/mol. The third-order valence-corrected chi connectivity index (χ3v) is 5.42. The van der Waals surface area contributed by atoms with Gasteiger partial charge < -0.3 is 10.1 Å². The van der Waals surface area contributed by atoms with Gasteiger partial charge in [-0.25, -0.2) is 13.4 Å². The summed E-state index contributed by atoms with van der Waals surface area (Å²) in [6, 6.07) is 19.9. The van der Waals surface area contributed by atoms with Crippen LogP contribution in [0.5, 0.6) is 5.75 Å². The van der Waals surface area contributed by atoms with Gasteiger partial charge >= 0.3 is 0 Å². The summed E-state index contributed by atoms with van der Waals surface area (Å²) in [6.07, 6.45) is 2.38. The zero-order chi connectivity index (χ0) is 19.8. The molecular formula is C21H23N3O3S. The highest BCUT2D eigenvalue weighted by atomic mass is 32.2. The number of hydrogen-bond donors (Lipinski definition) is 2. The number of nitrogens with zero attached hydrogens (tertiary/aromatic N) is 1. The number of anilines is 2. The van der Waals surface area contributed by atoms with Crippen LogP contribution in [-0.4, -0.2) is 26.6 Å². The summed E-state index contributed by atoms with van der Waals surface area (Å²) in [6.45, 7) is 3.15. The molecule has 6 nitrogen and oxygen atoms in total. The molecule has 0 aliphatic heterocycles. The maximum atomic E-state index is 12.5. The zero-order valence-electron chi connectivity index (χ0n) is 15.6. The van der Waals surface area contributed by atoms with Crippen LogP contribution in [0.1, 0.15) is 12.5 Å². The number of aromatic nitrogens is 1. The van der Waals surface area contributed by atoms with Gasteiger partial charge in [-0.05, 0) is 55.3 Å². The molecule has 0 amide bonds. The van der Waals surface area contributed by atoms with Crippen molar-refractivity contribution in [3.05, 3.63) is 78.5 Å². The van der Waals surface area contributed by atoms with Crippen molar-refractivity contribution in [2.45, 2.75) is 18.2 Å². The molecule has 0 fully saturated rings. The highest BCUT2D eigenvalue weighted by molar-refractivity contribution is 7.92. The van der Waals surface area contributed by atoms with E-state index in [4.69, 9.17) is 4.74 Å². The predicted octanol–water partition coefficient (Wildman–Crippen LogP) is 3.94. The lowest BCUT2D eigenvalue weighted by molar-refractivity contribution is 0.340. The lowest BCUT2D eigenvalue weighted by Crippen LogP contribution is -2.13. The van der Waals surface area contributed by atoms with E-state index in [1.54, 1.807) is 24.3 Å². The first-order valence-electron chi connectivity index (χ1n) is 9.06. The summed E-state index contributed by atoms with van der Waals surface area (Å²) < 4.78 is 32.8. The number of rotatable bonds is 9. The van der Waals surface area contributed by atoms with Crippen LogP contribution >= 0.6 is 0 Å². The van der Waals surface area contributed by atoms with Crippen molar-refractivity contribution in [3.63, 3.8) is 0 Å². The molecule has 0 unspecified atom stereocenters. The second-order valence-electron chi connectivity index (χ2n) is 6.10. The van der Waals surface area contributed by atoms with Crippen molar-refractivity contribution in [3.8, 4) is 5.75 Å². The molecule has 3 aromatic rings. The molecule has 0 saturated heterocycles. The SMILES string of the molecule is CCOc1ccc(S(=O)(=O)Nc2ccc(NCCc3ccccc3)nc2)cc1. The Morgan fingerprint density at radius 3 is 2.36 bits per heavy atom. The normalized spacial score (nSPS) is 11.0. The maximum absolute atomic E-state index is 12.5. The van der Waals surface area contributed by atoms with Crippen molar-refractivity contribution in [1.82, 2.24) is 4.98 Å². The van der Waals surface area contributed by atoms with Gasteiger partial charge in [0.15, 0.2) is 0 Å². The molecule has 3 rings (SSSR count). The van der Waals surface area contributed by atoms with E-state index in [0.29, 0.717) is 23.9 Å². The number of pyridine rings is 1. The first-order valence-corrected chi connectivity index (χ1v) is 10.5. The summed E-state index contributed by atoms with van der Waals surface area (Å²) in [4.78, 5) is 4.44. The molecule has 0 bridgehead atoms. The Balaban J connectivity index is 1.56. The predicted molar refractivity (Wildman–Crippen MR) is 111 cm³/mol. The van der Waals surface area contributed by atoms with E-state index < -0.39 is 10.0 Å². The van der Waals surface area contributed by atoms with Crippen LogP contribution in [0, 0.1) is 0 Å². The van der Waals surface area contributed by atoms with Crippen molar-refractivity contribution < 1.29 is 13.2 Å². The molecule has 0 radical (unpaired) electrons. The van der Waals surface area contributed by atoms with Gasteiger partial charge in [0.2, 0.25) is 0 Å². The number of benzene rings is 2. The molecule has 7 heteroatoms. The quantitative estimate of drug-likeness (QED) is 0.572. The minimum absolute atomic E-state index is 0.168. The Labute approximate surface area is 165 Å². The van der Waals surface area contributed by atoms with Crippen LogP contribution in [0.3, 0.4) is 0 Å². The van der Waals surface area contributed by atoms with E-state index >= 15 is 0 Å². The second-order valence-corrected chi connectivity index (χ2v) is 7.79. The molecule has 28 heavy (non-hydrogen) atoms. The van der Waals surface area contributed by atoms with Gasteiger partial charge in [0.1, 0.15) is 11.6 Å². The van der Waals surface area contributed by atoms with Gasteiger partial charge in [-0.15, -0.1) is 0 Å². The molecule has 1 heterocycles. The van der Waals surface area contributed by atoms with E-state index in [0.717, 1.165) is 13.0 Å². The standard InChI is InChI=1S/C21H23N3O3S/c1-2-27-19-9-11-20(12-10-19)28(25,26)24-18-8-13-21(23-16-18)22-15-14-17-6-4-3-5-7-17/h3-13,16,24H,2,14-15H2,1H3,(H,22,23). The van der Waals surface area contributed by atoms with Gasteiger partial charge in [0.05, 0.1) is 23.4 Å². The Bertz CT molecular complexity index is 974. The second kappa shape index (κ2) is 9.23. The first-order chi connectivity index (χ1) is 13.6. The van der Waals surface area contributed by atoms with Crippen LogP contribution in [0.2, 0.25) is 0 Å². The maximum Gasteiger partial charge on any atom is 0.261 e. The Morgan fingerprint density at radius 2 is 1.71 bits per heavy atom. The van der Waals surface area contributed by atoms with E-state index in [-0.39, 0.29) is 4.90 Å². The Morgan fingerprint density at radius 1 is 0.964 bits per heavy atom. The molecule has 2 aromatic carbocycles. The number of sulfonamides is 1. The minimum atomic E-state index is -3.68. The van der Waals surface area contributed by atoms with Gasteiger partial charge in [0, 0.05) is 6.54 Å². The average Bonchev–Trinajstić information content (AvgIpc) is 2.71. The van der Waals surface area contributed by atoms with Crippen molar-refractivity contribution in [2.75, 3.05) is 23.2 Å². The number of nitrogens with one attached hydrogen (secondary N) is 2. The lowest BCUT2D eigenvalue weighted by atomic mass is 10.1. The molecule has 0 atom stereocenters. The zero-order valence-corrected chi connectivity index (χ0v) is 16.4. The van der Waals surface area contributed by atoms with Crippen molar-refractivity contribution in [1.29, 1.82) is 0 Å². The molecule has 1 aromatic heterocycles. The molecule has 0 aliphatic carbocycles. The average molecular weight is 398 g/mol. The highest BCUT2D eigenvalue weighted by Crippen LogP contribution is 2.19. The van der Waals surface area contributed by atoms with Crippen molar-refractivity contribution >= 4 is 21.5 Å². The van der Waals surface area contributed by atoms with Crippen LogP contribution < -0.4 is 14.8 Å². The minimum Gasteiger partial charge on any atom is -0.494 e. The van der Waals surface area contributed by atoms with Crippen molar-refractivity contribution in [2.24, 2.45) is 0 Å².